The third-order valence-corrected chi connectivity index (χ3v) is 3.47. The molecule has 1 heterocycles. The molecule has 19 heavy (non-hydrogen) atoms. The zero-order valence-corrected chi connectivity index (χ0v) is 10.2. The Morgan fingerprint density at radius 1 is 1.21 bits per heavy atom. The van der Waals surface area contributed by atoms with Gasteiger partial charge >= 0.3 is 6.18 Å². The second-order valence-electron chi connectivity index (χ2n) is 4.67. The van der Waals surface area contributed by atoms with Crippen molar-refractivity contribution in [3.05, 3.63) is 35.1 Å². The van der Waals surface area contributed by atoms with E-state index in [1.165, 1.54) is 0 Å². The van der Waals surface area contributed by atoms with Gasteiger partial charge in [-0.3, -0.25) is 0 Å². The van der Waals surface area contributed by atoms with Crippen LogP contribution in [0.3, 0.4) is 0 Å². The molecule has 1 aromatic carbocycles. The van der Waals surface area contributed by atoms with Crippen LogP contribution in [0, 0.1) is 11.7 Å². The lowest BCUT2D eigenvalue weighted by atomic mass is 9.85. The van der Waals surface area contributed by atoms with E-state index in [1.807, 2.05) is 0 Å². The number of alkyl halides is 3. The highest BCUT2D eigenvalue weighted by Crippen LogP contribution is 2.39. The SMILES string of the molecule is N[C@H](c1c(F)cccc1C(F)(F)F)C1CCOCC1. The minimum absolute atomic E-state index is 0.188. The summed E-state index contributed by atoms with van der Waals surface area (Å²) in [5.41, 5.74) is 4.46. The quantitative estimate of drug-likeness (QED) is 0.842. The normalized spacial score (nSPS) is 19.4. The molecule has 0 radical (unpaired) electrons. The molecule has 1 aromatic rings. The molecule has 0 aliphatic carbocycles. The predicted octanol–water partition coefficient (Wildman–Crippen LogP) is 3.27. The number of hydrogen-bond donors (Lipinski definition) is 1. The topological polar surface area (TPSA) is 35.2 Å². The summed E-state index contributed by atoms with van der Waals surface area (Å²) in [6.45, 7) is 0.905. The van der Waals surface area contributed by atoms with Crippen molar-refractivity contribution >= 4 is 0 Å². The number of ether oxygens (including phenoxy) is 1. The third-order valence-electron chi connectivity index (χ3n) is 3.47. The Labute approximate surface area is 108 Å². The van der Waals surface area contributed by atoms with Crippen LogP contribution < -0.4 is 5.73 Å². The minimum Gasteiger partial charge on any atom is -0.381 e. The van der Waals surface area contributed by atoms with Gasteiger partial charge in [0.05, 0.1) is 5.56 Å². The van der Waals surface area contributed by atoms with Crippen molar-refractivity contribution in [3.8, 4) is 0 Å². The molecule has 1 fully saturated rings. The molecule has 0 saturated carbocycles. The predicted molar refractivity (Wildman–Crippen MR) is 61.9 cm³/mol. The molecule has 2 nitrogen and oxygen atoms in total. The molecule has 1 aliphatic heterocycles. The van der Waals surface area contributed by atoms with E-state index in [4.69, 9.17) is 10.5 Å². The van der Waals surface area contributed by atoms with Crippen LogP contribution in [0.15, 0.2) is 18.2 Å². The highest BCUT2D eigenvalue weighted by atomic mass is 19.4. The molecule has 106 valence electrons. The highest BCUT2D eigenvalue weighted by molar-refractivity contribution is 5.34. The maximum atomic E-state index is 13.8. The van der Waals surface area contributed by atoms with Crippen LogP contribution in [0.25, 0.3) is 0 Å². The molecule has 0 unspecified atom stereocenters. The Kier molecular flexibility index (Phi) is 4.10. The van der Waals surface area contributed by atoms with Crippen LogP contribution in [0.4, 0.5) is 17.6 Å². The Bertz CT molecular complexity index is 441. The lowest BCUT2D eigenvalue weighted by Gasteiger charge is -2.29. The molecular weight excluding hydrogens is 262 g/mol. The Morgan fingerprint density at radius 3 is 2.42 bits per heavy atom. The highest BCUT2D eigenvalue weighted by Gasteiger charge is 2.37. The monoisotopic (exact) mass is 277 g/mol. The van der Waals surface area contributed by atoms with E-state index in [0.29, 0.717) is 26.1 Å². The summed E-state index contributed by atoms with van der Waals surface area (Å²) in [6, 6.07) is 1.99. The first-order valence-corrected chi connectivity index (χ1v) is 6.10. The summed E-state index contributed by atoms with van der Waals surface area (Å²) >= 11 is 0. The van der Waals surface area contributed by atoms with E-state index in [1.54, 1.807) is 0 Å². The smallest absolute Gasteiger partial charge is 0.381 e. The van der Waals surface area contributed by atoms with Crippen molar-refractivity contribution in [2.45, 2.75) is 25.1 Å². The Balaban J connectivity index is 2.37. The van der Waals surface area contributed by atoms with Crippen molar-refractivity contribution < 1.29 is 22.3 Å². The van der Waals surface area contributed by atoms with E-state index < -0.39 is 29.2 Å². The maximum Gasteiger partial charge on any atom is 0.416 e. The summed E-state index contributed by atoms with van der Waals surface area (Å²) < 4.78 is 57.6. The zero-order chi connectivity index (χ0) is 14.0. The van der Waals surface area contributed by atoms with E-state index in [2.05, 4.69) is 0 Å². The number of hydrogen-bond acceptors (Lipinski definition) is 2. The molecule has 1 aliphatic rings. The fraction of sp³-hybridized carbons (Fsp3) is 0.538. The third kappa shape index (κ3) is 3.06. The van der Waals surface area contributed by atoms with Gasteiger partial charge in [0.1, 0.15) is 5.82 Å². The summed E-state index contributed by atoms with van der Waals surface area (Å²) in [7, 11) is 0. The van der Waals surface area contributed by atoms with Crippen molar-refractivity contribution in [2.75, 3.05) is 13.2 Å². The molecule has 2 rings (SSSR count). The first-order chi connectivity index (χ1) is 8.91. The number of halogens is 4. The van der Waals surface area contributed by atoms with Gasteiger partial charge in [-0.05, 0) is 30.9 Å². The Hall–Kier alpha value is -1.14. The fourth-order valence-corrected chi connectivity index (χ4v) is 2.43. The second kappa shape index (κ2) is 5.46. The second-order valence-corrected chi connectivity index (χ2v) is 4.67. The number of rotatable bonds is 2. The fourth-order valence-electron chi connectivity index (χ4n) is 2.43. The zero-order valence-electron chi connectivity index (χ0n) is 10.2. The molecule has 0 bridgehead atoms. The summed E-state index contributed by atoms with van der Waals surface area (Å²) in [6.07, 6.45) is -3.50. The van der Waals surface area contributed by atoms with Crippen LogP contribution in [0.5, 0.6) is 0 Å². The maximum absolute atomic E-state index is 13.8. The first-order valence-electron chi connectivity index (χ1n) is 6.10. The molecule has 0 amide bonds. The minimum atomic E-state index is -4.60. The Morgan fingerprint density at radius 2 is 1.84 bits per heavy atom. The van der Waals surface area contributed by atoms with E-state index in [0.717, 1.165) is 18.2 Å². The van der Waals surface area contributed by atoms with Crippen molar-refractivity contribution in [3.63, 3.8) is 0 Å². The van der Waals surface area contributed by atoms with Crippen molar-refractivity contribution in [1.29, 1.82) is 0 Å². The van der Waals surface area contributed by atoms with E-state index in [9.17, 15) is 17.6 Å². The molecule has 0 aromatic heterocycles. The number of benzene rings is 1. The average Bonchev–Trinajstić information content (AvgIpc) is 2.37. The molecule has 1 atom stereocenters. The standard InChI is InChI=1S/C13H15F4NO/c14-10-3-1-2-9(13(15,16)17)11(10)12(18)8-4-6-19-7-5-8/h1-3,8,12H,4-7,18H2/t12-/m0/s1. The van der Waals surface area contributed by atoms with Gasteiger partial charge in [-0.25, -0.2) is 4.39 Å². The molecule has 1 saturated heterocycles. The van der Waals surface area contributed by atoms with Crippen molar-refractivity contribution in [1.82, 2.24) is 0 Å². The van der Waals surface area contributed by atoms with Gasteiger partial charge in [-0.1, -0.05) is 6.07 Å². The van der Waals surface area contributed by atoms with Crippen LogP contribution in [-0.2, 0) is 10.9 Å². The van der Waals surface area contributed by atoms with Gasteiger partial charge in [0.2, 0.25) is 0 Å². The van der Waals surface area contributed by atoms with E-state index in [-0.39, 0.29) is 5.92 Å². The van der Waals surface area contributed by atoms with Gasteiger partial charge in [0.25, 0.3) is 0 Å². The van der Waals surface area contributed by atoms with Gasteiger partial charge in [-0.15, -0.1) is 0 Å². The number of nitrogens with two attached hydrogens (primary N) is 1. The molecule has 0 spiro atoms. The van der Waals surface area contributed by atoms with Gasteiger partial charge < -0.3 is 10.5 Å². The van der Waals surface area contributed by atoms with Gasteiger partial charge in [0, 0.05) is 24.8 Å². The van der Waals surface area contributed by atoms with Crippen molar-refractivity contribution in [2.24, 2.45) is 11.7 Å². The van der Waals surface area contributed by atoms with Crippen LogP contribution in [0.2, 0.25) is 0 Å². The molecule has 6 heteroatoms. The summed E-state index contributed by atoms with van der Waals surface area (Å²) in [5, 5.41) is 0. The summed E-state index contributed by atoms with van der Waals surface area (Å²) in [4.78, 5) is 0. The van der Waals surface area contributed by atoms with Gasteiger partial charge in [-0.2, -0.15) is 13.2 Å². The first kappa shape index (κ1) is 14.3. The molecular formula is C13H15F4NO. The van der Waals surface area contributed by atoms with Gasteiger partial charge in [0.15, 0.2) is 0 Å². The van der Waals surface area contributed by atoms with E-state index >= 15 is 0 Å². The summed E-state index contributed by atoms with van der Waals surface area (Å²) in [5.74, 6) is -1.08. The average molecular weight is 277 g/mol. The lowest BCUT2D eigenvalue weighted by Crippen LogP contribution is -2.30. The van der Waals surface area contributed by atoms with Crippen LogP contribution >= 0.6 is 0 Å². The lowest BCUT2D eigenvalue weighted by molar-refractivity contribution is -0.138. The largest absolute Gasteiger partial charge is 0.416 e. The van der Waals surface area contributed by atoms with Crippen LogP contribution in [-0.4, -0.2) is 13.2 Å². The molecule has 2 N–H and O–H groups in total. The van der Waals surface area contributed by atoms with Crippen LogP contribution in [0.1, 0.15) is 30.0 Å².